The average Bonchev–Trinajstić information content (AvgIpc) is 3.93. The fraction of sp³-hybridized carbons (Fsp3) is 0.320. The number of carbonyl (C=O) groups excluding carboxylic acids is 6. The van der Waals surface area contributed by atoms with E-state index >= 15 is 0 Å². The third-order valence-corrected chi connectivity index (χ3v) is 15.3. The molecule has 2 aromatic carbocycles. The molecule has 6 aromatic rings. The van der Waals surface area contributed by atoms with Gasteiger partial charge >= 0.3 is 24.1 Å². The minimum atomic E-state index is -1.90. The van der Waals surface area contributed by atoms with Gasteiger partial charge in [-0.15, -0.1) is 0 Å². The van der Waals surface area contributed by atoms with Crippen LogP contribution in [0, 0.1) is 0 Å². The maximum Gasteiger partial charge on any atom is 0.408 e. The van der Waals surface area contributed by atoms with Gasteiger partial charge in [-0.1, -0.05) is 71.8 Å². The summed E-state index contributed by atoms with van der Waals surface area (Å²) in [4.78, 5) is 115. The lowest BCUT2D eigenvalue weighted by atomic mass is 9.85. The number of rotatable bonds is 15. The fourth-order valence-corrected chi connectivity index (χ4v) is 11.3. The van der Waals surface area contributed by atoms with Gasteiger partial charge in [-0.05, 0) is 49.2 Å². The van der Waals surface area contributed by atoms with Crippen LogP contribution in [0.5, 0.6) is 0 Å². The van der Waals surface area contributed by atoms with Crippen molar-refractivity contribution in [2.45, 2.75) is 64.2 Å². The SMILES string of the molecule is CC[C@@]1(OC(=O)NCCNC(=O)CSSCC(=O)NCCNC(=O)O[C@]2(CC)C(=O)OCc3c2cc2n(c3=O)Cc3cc4ccccc4nc3-2)C(=O)OCc2c1cc1n(c2=O)Cc2cc3ccccc3nc2-1. The molecule has 0 bridgehead atoms. The number of amides is 4. The fourth-order valence-electron chi connectivity index (χ4n) is 9.58. The summed E-state index contributed by atoms with van der Waals surface area (Å²) >= 11 is 0. The molecule has 2 atom stereocenters. The third-order valence-electron chi connectivity index (χ3n) is 13.2. The molecule has 370 valence electrons. The van der Waals surface area contributed by atoms with Gasteiger partial charge in [0.1, 0.15) is 13.2 Å². The lowest BCUT2D eigenvalue weighted by Gasteiger charge is -2.35. The monoisotopic (exact) mass is 1010 g/mol. The number of ether oxygens (including phenoxy) is 4. The standard InChI is InChI=1S/C50H46N8O12S2/c1-3-49(33-19-37-41-29(17-27-9-5-7-11-35(27)55-41)21-57(37)43(61)31(33)23-67-45(49)63)69-47(65)53-15-13-51-39(59)25-71-72-26-40(60)52-14-16-54-48(66)70-50(4-2)34-20-38-42-30(18-28-10-6-8-12-36(28)56-42)22-58(38)44(62)32(34)24-68-46(50)64/h5-12,17-20H,3-4,13-16,21-26H2,1-2H3,(H,51,59)(H,52,60)(H,53,65)(H,54,66)/t49-,50-/m0/s1. The molecule has 22 heteroatoms. The van der Waals surface area contributed by atoms with Crippen molar-refractivity contribution in [1.82, 2.24) is 40.4 Å². The van der Waals surface area contributed by atoms with Crippen molar-refractivity contribution in [1.29, 1.82) is 0 Å². The number of hydrogen-bond donors (Lipinski definition) is 4. The second-order valence-corrected chi connectivity index (χ2v) is 19.8. The van der Waals surface area contributed by atoms with Crippen molar-refractivity contribution >= 4 is 79.3 Å². The van der Waals surface area contributed by atoms with E-state index in [-0.39, 0.29) is 109 Å². The normalized spacial score (nSPS) is 17.8. The van der Waals surface area contributed by atoms with E-state index in [4.69, 9.17) is 28.9 Å². The summed E-state index contributed by atoms with van der Waals surface area (Å²) in [5, 5.41) is 12.3. The summed E-state index contributed by atoms with van der Waals surface area (Å²) < 4.78 is 25.5. The van der Waals surface area contributed by atoms with Crippen molar-refractivity contribution in [2.24, 2.45) is 0 Å². The Labute approximate surface area is 417 Å². The number of esters is 2. The molecule has 8 heterocycles. The predicted octanol–water partition coefficient (Wildman–Crippen LogP) is 4.25. The molecule has 0 unspecified atom stereocenters. The number of aromatic nitrogens is 4. The van der Waals surface area contributed by atoms with Gasteiger partial charge in [0, 0.05) is 59.2 Å². The number of fused-ring (bicyclic) bond motifs is 10. The van der Waals surface area contributed by atoms with Crippen LogP contribution in [0.3, 0.4) is 0 Å². The molecule has 4 aromatic heterocycles. The Morgan fingerprint density at radius 3 is 1.42 bits per heavy atom. The first-order valence-electron chi connectivity index (χ1n) is 23.2. The Bertz CT molecular complexity index is 3190. The number of cyclic esters (lactones) is 2. The molecule has 72 heavy (non-hydrogen) atoms. The number of hydrogen-bond acceptors (Lipinski definition) is 16. The Morgan fingerprint density at radius 1 is 0.597 bits per heavy atom. The number of pyridine rings is 4. The van der Waals surface area contributed by atoms with Crippen LogP contribution in [0.25, 0.3) is 44.6 Å². The molecule has 4 aliphatic rings. The zero-order chi connectivity index (χ0) is 50.3. The zero-order valence-corrected chi connectivity index (χ0v) is 40.6. The van der Waals surface area contributed by atoms with E-state index in [0.717, 1.165) is 54.5 Å². The molecule has 4 aliphatic heterocycles. The summed E-state index contributed by atoms with van der Waals surface area (Å²) in [6, 6.07) is 22.6. The molecule has 4 amide bonds. The van der Waals surface area contributed by atoms with Crippen LogP contribution >= 0.6 is 21.6 Å². The topological polar surface area (TPSA) is 257 Å². The molecule has 0 radical (unpaired) electrons. The summed E-state index contributed by atoms with van der Waals surface area (Å²) in [5.41, 5.74) is 1.82. The molecular formula is C50H46N8O12S2. The molecule has 0 spiro atoms. The van der Waals surface area contributed by atoms with Gasteiger partial charge in [0.25, 0.3) is 11.1 Å². The Balaban J connectivity index is 0.653. The Hall–Kier alpha value is -7.72. The molecule has 0 fully saturated rings. The summed E-state index contributed by atoms with van der Waals surface area (Å²) in [6.45, 7) is 3.31. The van der Waals surface area contributed by atoms with E-state index in [1.165, 1.54) is 0 Å². The molecule has 4 N–H and O–H groups in total. The largest absolute Gasteiger partial charge is 0.457 e. The van der Waals surface area contributed by atoms with Crippen molar-refractivity contribution in [3.63, 3.8) is 0 Å². The van der Waals surface area contributed by atoms with Crippen molar-refractivity contribution in [3.05, 3.63) is 127 Å². The highest BCUT2D eigenvalue weighted by Crippen LogP contribution is 2.43. The minimum absolute atomic E-state index is 0.00892. The minimum Gasteiger partial charge on any atom is -0.457 e. The van der Waals surface area contributed by atoms with Gasteiger partial charge in [-0.2, -0.15) is 0 Å². The number of alkyl carbamates (subject to hydrolysis) is 2. The highest BCUT2D eigenvalue weighted by Gasteiger charge is 2.52. The highest BCUT2D eigenvalue weighted by molar-refractivity contribution is 8.77. The number of nitrogens with zero attached hydrogens (tertiary/aromatic N) is 4. The summed E-state index contributed by atoms with van der Waals surface area (Å²) in [6.07, 6.45) is -1.93. The smallest absolute Gasteiger partial charge is 0.408 e. The summed E-state index contributed by atoms with van der Waals surface area (Å²) in [7, 11) is 2.26. The number of nitrogens with one attached hydrogen (secondary N) is 4. The van der Waals surface area contributed by atoms with E-state index in [1.807, 2.05) is 60.7 Å². The number of para-hydroxylation sites is 2. The van der Waals surface area contributed by atoms with Crippen LogP contribution in [0.1, 0.15) is 60.1 Å². The maximum absolute atomic E-state index is 13.8. The first-order chi connectivity index (χ1) is 34.8. The van der Waals surface area contributed by atoms with Crippen LogP contribution in [0.15, 0.2) is 82.4 Å². The van der Waals surface area contributed by atoms with Crippen LogP contribution in [-0.2, 0) is 75.6 Å². The zero-order valence-electron chi connectivity index (χ0n) is 38.9. The van der Waals surface area contributed by atoms with Crippen molar-refractivity contribution in [3.8, 4) is 22.8 Å². The Kier molecular flexibility index (Phi) is 13.0. The predicted molar refractivity (Wildman–Crippen MR) is 265 cm³/mol. The van der Waals surface area contributed by atoms with Crippen molar-refractivity contribution < 1.29 is 47.7 Å². The molecular weight excluding hydrogens is 969 g/mol. The lowest BCUT2D eigenvalue weighted by Crippen LogP contribution is -2.49. The molecule has 20 nitrogen and oxygen atoms in total. The third kappa shape index (κ3) is 8.56. The van der Waals surface area contributed by atoms with Crippen LogP contribution in [0.4, 0.5) is 9.59 Å². The van der Waals surface area contributed by atoms with Crippen LogP contribution in [-0.4, -0.2) is 92.7 Å². The van der Waals surface area contributed by atoms with Gasteiger partial charge in [0.2, 0.25) is 23.0 Å². The lowest BCUT2D eigenvalue weighted by molar-refractivity contribution is -0.173. The second-order valence-electron chi connectivity index (χ2n) is 17.4. The molecule has 0 saturated heterocycles. The average molecular weight is 1020 g/mol. The van der Waals surface area contributed by atoms with E-state index in [0.29, 0.717) is 35.9 Å². The van der Waals surface area contributed by atoms with Gasteiger partial charge in [0.05, 0.1) is 69.5 Å². The number of carbonyl (C=O) groups is 6. The second kappa shape index (κ2) is 19.5. The van der Waals surface area contributed by atoms with E-state index in [1.54, 1.807) is 35.1 Å². The Morgan fingerprint density at radius 2 is 1.00 bits per heavy atom. The first-order valence-corrected chi connectivity index (χ1v) is 25.7. The molecule has 0 aliphatic carbocycles. The maximum atomic E-state index is 13.8. The van der Waals surface area contributed by atoms with Gasteiger partial charge in [-0.3, -0.25) is 19.2 Å². The van der Waals surface area contributed by atoms with Gasteiger partial charge in [0.15, 0.2) is 0 Å². The van der Waals surface area contributed by atoms with Crippen molar-refractivity contribution in [2.75, 3.05) is 37.7 Å². The van der Waals surface area contributed by atoms with E-state index < -0.39 is 35.3 Å². The quantitative estimate of drug-likeness (QED) is 0.0484. The van der Waals surface area contributed by atoms with E-state index in [2.05, 4.69) is 21.3 Å². The first kappa shape index (κ1) is 47.9. The van der Waals surface area contributed by atoms with Crippen LogP contribution < -0.4 is 32.4 Å². The van der Waals surface area contributed by atoms with E-state index in [9.17, 15) is 38.4 Å². The summed E-state index contributed by atoms with van der Waals surface area (Å²) in [5.74, 6) is -2.36. The highest BCUT2D eigenvalue weighted by atomic mass is 33.1. The van der Waals surface area contributed by atoms with Gasteiger partial charge in [-0.25, -0.2) is 29.1 Å². The number of benzene rings is 2. The van der Waals surface area contributed by atoms with Gasteiger partial charge < -0.3 is 49.3 Å². The molecule has 10 rings (SSSR count). The van der Waals surface area contributed by atoms with Crippen LogP contribution in [0.2, 0.25) is 0 Å². The molecule has 0 saturated carbocycles.